The summed E-state index contributed by atoms with van der Waals surface area (Å²) < 4.78 is 23.9. The molecule has 14 aromatic heterocycles. The Kier molecular flexibility index (Phi) is 27.2. The number of hydrogen-bond acceptors (Lipinski definition) is 14. The van der Waals surface area contributed by atoms with Gasteiger partial charge in [0.25, 0.3) is 0 Å². The molecule has 17 rings (SSSR count). The fourth-order valence-corrected chi connectivity index (χ4v) is 20.5. The maximum atomic E-state index is 6.12. The van der Waals surface area contributed by atoms with Gasteiger partial charge < -0.3 is 57.5 Å². The number of nitrogens with zero attached hydrogens (tertiary/aromatic N) is 10. The molecule has 0 saturated heterocycles. The average molecular weight is 2260 g/mol. The van der Waals surface area contributed by atoms with Gasteiger partial charge in [-0.25, -0.2) is 4.98 Å². The monoisotopic (exact) mass is 2260 g/mol. The molecule has 4 radical (unpaired) electrons. The number of rotatable bonds is 13. The Hall–Kier alpha value is -8.18. The van der Waals surface area contributed by atoms with E-state index in [0.29, 0.717) is 29.0 Å². The van der Waals surface area contributed by atoms with E-state index in [4.69, 9.17) is 32.6 Å². The van der Waals surface area contributed by atoms with Crippen molar-refractivity contribution in [3.63, 3.8) is 0 Å². The summed E-state index contributed by atoms with van der Waals surface area (Å²) in [5.74, 6) is 1.19. The van der Waals surface area contributed by atoms with Crippen LogP contribution in [0.3, 0.4) is 0 Å². The second-order valence-corrected chi connectivity index (χ2v) is 52.2. The summed E-state index contributed by atoms with van der Waals surface area (Å²) in [6.45, 7) is 40.9. The Balaban J connectivity index is 0.000000157. The topological polar surface area (TPSA) is 181 Å². The summed E-state index contributed by atoms with van der Waals surface area (Å²) in [5, 5.41) is 15.0. The fraction of sp³-hybridized carbons (Fsp3) is 0.244. The SMILES string of the molecule is CC(C)Cc1cc(-c2[c-]nc3oc4ccccc4c3c2)ncc1[Si](C)(C)C.C[Si](C)(c1ccccc1)c1ccc(-c2[c-]ncc3c2oc2ccccc23)nc1.Cc1cc2c(oc3n[c-]c(-c4ccc([Si](C)(C)C)cn4)cc32)c(C)n1.Cc1ccc2c(n1)oc1c(-c3cc(CC(C)C)c([Si](C)(C)C)cn3)[c-]ncc12.[Ir].[Ir].[Ir].[Ir]. The number of furan rings is 4. The van der Waals surface area contributed by atoms with Crippen molar-refractivity contribution in [2.24, 2.45) is 11.8 Å². The molecule has 0 amide bonds. The molecule has 580 valence electrons. The van der Waals surface area contributed by atoms with E-state index in [1.807, 2.05) is 94.0 Å². The van der Waals surface area contributed by atoms with Gasteiger partial charge in [0.1, 0.15) is 36.2 Å². The molecule has 0 aliphatic heterocycles. The molecule has 0 fully saturated rings. The number of hydrogen-bond donors (Lipinski definition) is 0. The van der Waals surface area contributed by atoms with Crippen molar-refractivity contribution in [2.75, 3.05) is 0 Å². The molecular formula is C90H90Ir4N10O4Si4-4. The van der Waals surface area contributed by atoms with Crippen molar-refractivity contribution >= 4 is 146 Å². The van der Waals surface area contributed by atoms with Crippen LogP contribution in [-0.4, -0.2) is 82.1 Å². The van der Waals surface area contributed by atoms with E-state index in [0.717, 1.165) is 146 Å². The molecule has 0 unspecified atom stereocenters. The predicted octanol–water partition coefficient (Wildman–Crippen LogP) is 19.9. The zero-order valence-electron chi connectivity index (χ0n) is 66.3. The molecule has 0 saturated carbocycles. The summed E-state index contributed by atoms with van der Waals surface area (Å²) in [5.41, 5.74) is 18.4. The molecule has 112 heavy (non-hydrogen) atoms. The summed E-state index contributed by atoms with van der Waals surface area (Å²) in [6.07, 6.45) is 26.3. The van der Waals surface area contributed by atoms with E-state index in [9.17, 15) is 0 Å². The molecule has 14 heterocycles. The van der Waals surface area contributed by atoms with Crippen LogP contribution >= 0.6 is 0 Å². The van der Waals surface area contributed by atoms with Gasteiger partial charge >= 0.3 is 0 Å². The fourth-order valence-electron chi connectivity index (χ4n) is 14.1. The molecule has 22 heteroatoms. The minimum Gasteiger partial charge on any atom is -0.500 e. The van der Waals surface area contributed by atoms with Gasteiger partial charge in [-0.05, 0) is 178 Å². The molecular weight excluding hydrogens is 2170 g/mol. The molecule has 0 atom stereocenters. The quantitative estimate of drug-likeness (QED) is 0.0785. The Morgan fingerprint density at radius 3 is 1.41 bits per heavy atom. The minimum absolute atomic E-state index is 0. The van der Waals surface area contributed by atoms with Crippen molar-refractivity contribution < 1.29 is 98.1 Å². The maximum Gasteiger partial charge on any atom is 0.216 e. The van der Waals surface area contributed by atoms with Crippen LogP contribution in [0.15, 0.2) is 200 Å². The Morgan fingerprint density at radius 2 is 0.830 bits per heavy atom. The first-order valence-corrected chi connectivity index (χ1v) is 50.6. The second kappa shape index (κ2) is 35.3. The molecule has 0 bridgehead atoms. The van der Waals surface area contributed by atoms with E-state index in [1.165, 1.54) is 37.1 Å². The minimum atomic E-state index is -1.77. The van der Waals surface area contributed by atoms with Crippen LogP contribution in [0.2, 0.25) is 72.0 Å². The summed E-state index contributed by atoms with van der Waals surface area (Å²) >= 11 is 0. The number of para-hydroxylation sites is 2. The van der Waals surface area contributed by atoms with Gasteiger partial charge in [-0.3, -0.25) is 4.98 Å². The summed E-state index contributed by atoms with van der Waals surface area (Å²) in [6, 6.07) is 50.0. The van der Waals surface area contributed by atoms with E-state index >= 15 is 0 Å². The molecule has 0 N–H and O–H groups in total. The van der Waals surface area contributed by atoms with Crippen molar-refractivity contribution in [3.8, 4) is 45.0 Å². The largest absolute Gasteiger partial charge is 0.500 e. The van der Waals surface area contributed by atoms with Gasteiger partial charge in [0.2, 0.25) is 5.71 Å². The van der Waals surface area contributed by atoms with Gasteiger partial charge in [-0.2, -0.15) is 0 Å². The van der Waals surface area contributed by atoms with Crippen LogP contribution in [0.25, 0.3) is 133 Å². The molecule has 14 nitrogen and oxygen atoms in total. The smallest absolute Gasteiger partial charge is 0.216 e. The first kappa shape index (κ1) is 86.2. The number of fused-ring (bicyclic) bond motifs is 12. The van der Waals surface area contributed by atoms with Crippen LogP contribution < -0.4 is 25.9 Å². The van der Waals surface area contributed by atoms with E-state index in [2.05, 4.69) is 263 Å². The van der Waals surface area contributed by atoms with Crippen LogP contribution in [0.1, 0.15) is 55.9 Å². The summed E-state index contributed by atoms with van der Waals surface area (Å²) in [7, 11) is -6.04. The van der Waals surface area contributed by atoms with E-state index in [-0.39, 0.29) is 80.4 Å². The Bertz CT molecular complexity index is 6190. The van der Waals surface area contributed by atoms with Crippen LogP contribution in [0.5, 0.6) is 0 Å². The molecule has 0 aliphatic carbocycles. The van der Waals surface area contributed by atoms with Crippen molar-refractivity contribution in [1.82, 2.24) is 49.8 Å². The number of benzene rings is 3. The maximum absolute atomic E-state index is 6.12. The van der Waals surface area contributed by atoms with Crippen molar-refractivity contribution in [1.29, 1.82) is 0 Å². The van der Waals surface area contributed by atoms with Crippen molar-refractivity contribution in [3.05, 3.63) is 236 Å². The Morgan fingerprint density at radius 1 is 0.348 bits per heavy atom. The van der Waals surface area contributed by atoms with Gasteiger partial charge in [-0.15, -0.1) is 23.3 Å². The van der Waals surface area contributed by atoms with Gasteiger partial charge in [0.05, 0.1) is 41.1 Å². The van der Waals surface area contributed by atoms with Gasteiger partial charge in [-0.1, -0.05) is 230 Å². The molecule has 17 aromatic rings. The van der Waals surface area contributed by atoms with Gasteiger partial charge in [0.15, 0.2) is 0 Å². The van der Waals surface area contributed by atoms with E-state index < -0.39 is 32.3 Å². The predicted molar refractivity (Wildman–Crippen MR) is 453 cm³/mol. The Labute approximate surface area is 713 Å². The number of aromatic nitrogens is 10. The third kappa shape index (κ3) is 18.5. The van der Waals surface area contributed by atoms with E-state index in [1.54, 1.807) is 6.20 Å². The second-order valence-electron chi connectivity index (χ2n) is 32.7. The van der Waals surface area contributed by atoms with Crippen LogP contribution in [0.4, 0.5) is 0 Å². The standard InChI is InChI=1S/C24H19N2OSi.C23H26N3OSi.C23H25N2OSi.C20H20N3OSi.4Ir/c1-28(2,17-8-4-3-5-9-17)18-12-13-22(26-14-18)21-16-25-15-20-19-10-6-7-11-23(19)27-24(20)21;1-14(2)9-16-10-20(25-13-21(16)28(4,5)6)19-12-24-11-18-17-8-7-15(3)26-23(17)27-22(18)19;1-15(2)10-16-12-20(24-14-22(16)27(3,4)5)17-11-19-18-8-6-7-9-21(18)26-23(19)25-13-17;1-12-8-16-17-9-14(10-22-20(17)24-19(16)13(2)23-12)18-7-6-15(11-21-18)25(3,4)5;;;;/h3-15H,1-2H3;7-8,10-11,13-14H,9H2,1-6H3;6-9,11-12,14-15H,10H2,1-5H3;6-9,11H,1-5H3;;;;/q4*-1;;;;. The third-order valence-corrected chi connectivity index (χ3v) is 29.5. The number of aryl methyl sites for hydroxylation is 3. The first-order valence-electron chi connectivity index (χ1n) is 37.1. The zero-order valence-corrected chi connectivity index (χ0v) is 79.9. The average Bonchev–Trinajstić information content (AvgIpc) is 1.57. The zero-order chi connectivity index (χ0) is 76.1. The first-order chi connectivity index (χ1) is 51.5. The van der Waals surface area contributed by atoms with Gasteiger partial charge in [0, 0.05) is 138 Å². The normalized spacial score (nSPS) is 11.8. The van der Waals surface area contributed by atoms with Crippen LogP contribution in [0, 0.1) is 57.4 Å². The molecule has 0 spiro atoms. The molecule has 0 aliphatic rings. The number of pyridine rings is 10. The summed E-state index contributed by atoms with van der Waals surface area (Å²) in [4.78, 5) is 45.5. The van der Waals surface area contributed by atoms with Crippen molar-refractivity contribution in [2.45, 2.75) is 133 Å². The van der Waals surface area contributed by atoms with Crippen LogP contribution in [-0.2, 0) is 93.3 Å². The molecule has 3 aromatic carbocycles. The third-order valence-electron chi connectivity index (χ3n) is 19.8.